The minimum atomic E-state index is -0.135. The van der Waals surface area contributed by atoms with Crippen LogP contribution < -0.4 is 0 Å². The number of carbonyl (C=O) groups is 1. The summed E-state index contributed by atoms with van der Waals surface area (Å²) >= 11 is 6.36. The molecule has 1 amide bonds. The third-order valence-corrected chi connectivity index (χ3v) is 5.66. The van der Waals surface area contributed by atoms with Gasteiger partial charge in [0.05, 0.1) is 35.1 Å². The molecule has 3 aromatic rings. The SMILES string of the molecule is CC(C)CN(Cc1nnc(-c2ncn3c2CN(C)C(=O)c2c(Cl)cccc2-3)o1)CC(C)C. The van der Waals surface area contributed by atoms with Crippen LogP contribution in [0.5, 0.6) is 0 Å². The van der Waals surface area contributed by atoms with E-state index in [1.54, 1.807) is 24.3 Å². The maximum Gasteiger partial charge on any atom is 0.268 e. The lowest BCUT2D eigenvalue weighted by Gasteiger charge is -2.24. The number of benzene rings is 1. The highest BCUT2D eigenvalue weighted by atomic mass is 35.5. The van der Waals surface area contributed by atoms with Crippen LogP contribution in [0, 0.1) is 11.8 Å². The minimum Gasteiger partial charge on any atom is -0.418 e. The molecule has 1 aliphatic rings. The second-order valence-corrected chi connectivity index (χ2v) is 9.59. The summed E-state index contributed by atoms with van der Waals surface area (Å²) in [6, 6.07) is 5.41. The Kier molecular flexibility index (Phi) is 6.35. The lowest BCUT2D eigenvalue weighted by molar-refractivity contribution is 0.0788. The maximum atomic E-state index is 12.9. The summed E-state index contributed by atoms with van der Waals surface area (Å²) in [6.07, 6.45) is 1.68. The Balaban J connectivity index is 1.67. The van der Waals surface area contributed by atoms with Gasteiger partial charge in [-0.25, -0.2) is 4.98 Å². The van der Waals surface area contributed by atoms with Crippen molar-refractivity contribution in [1.29, 1.82) is 0 Å². The number of carbonyl (C=O) groups excluding carboxylic acids is 1. The van der Waals surface area contributed by atoms with E-state index >= 15 is 0 Å². The standard InChI is InChI=1S/C23H29ClN6O2/c1-14(2)9-29(10-15(3)4)12-19-26-27-22(32-19)21-18-11-28(5)23(31)20-16(24)7-6-8-17(20)30(18)13-25-21/h6-8,13-15H,9-12H2,1-5H3. The van der Waals surface area contributed by atoms with Gasteiger partial charge in [-0.2, -0.15) is 0 Å². The molecule has 9 heteroatoms. The van der Waals surface area contributed by atoms with Crippen LogP contribution in [0.15, 0.2) is 28.9 Å². The largest absolute Gasteiger partial charge is 0.418 e. The minimum absolute atomic E-state index is 0.135. The molecule has 8 nitrogen and oxygen atoms in total. The van der Waals surface area contributed by atoms with Crippen LogP contribution in [0.4, 0.5) is 0 Å². The first kappa shape index (κ1) is 22.5. The lowest BCUT2D eigenvalue weighted by Crippen LogP contribution is -2.31. The maximum absolute atomic E-state index is 12.9. The average Bonchev–Trinajstić information content (AvgIpc) is 3.30. The Morgan fingerprint density at radius 3 is 2.56 bits per heavy atom. The van der Waals surface area contributed by atoms with Crippen LogP contribution in [0.3, 0.4) is 0 Å². The molecule has 2 aromatic heterocycles. The topological polar surface area (TPSA) is 80.3 Å². The molecule has 0 N–H and O–H groups in total. The molecular formula is C23H29ClN6O2. The van der Waals surface area contributed by atoms with E-state index in [9.17, 15) is 4.79 Å². The molecule has 4 rings (SSSR count). The van der Waals surface area contributed by atoms with Gasteiger partial charge in [-0.15, -0.1) is 10.2 Å². The van der Waals surface area contributed by atoms with Gasteiger partial charge in [0, 0.05) is 20.1 Å². The van der Waals surface area contributed by atoms with Crippen molar-refractivity contribution in [2.45, 2.75) is 40.8 Å². The number of hydrogen-bond donors (Lipinski definition) is 0. The predicted octanol–water partition coefficient (Wildman–Crippen LogP) is 4.28. The van der Waals surface area contributed by atoms with Crippen LogP contribution in [0.2, 0.25) is 5.02 Å². The van der Waals surface area contributed by atoms with E-state index < -0.39 is 0 Å². The summed E-state index contributed by atoms with van der Waals surface area (Å²) < 4.78 is 7.91. The quantitative estimate of drug-likeness (QED) is 0.528. The molecule has 0 radical (unpaired) electrons. The van der Waals surface area contributed by atoms with Gasteiger partial charge in [-0.05, 0) is 24.0 Å². The first-order valence-corrected chi connectivity index (χ1v) is 11.3. The average molecular weight is 457 g/mol. The van der Waals surface area contributed by atoms with Gasteiger partial charge in [-0.1, -0.05) is 45.4 Å². The number of amides is 1. The molecule has 170 valence electrons. The normalized spacial score (nSPS) is 13.8. The molecule has 0 spiro atoms. The summed E-state index contributed by atoms with van der Waals surface area (Å²) in [4.78, 5) is 21.4. The highest BCUT2D eigenvalue weighted by molar-refractivity contribution is 6.34. The molecule has 1 aromatic carbocycles. The third-order valence-electron chi connectivity index (χ3n) is 5.34. The van der Waals surface area contributed by atoms with Gasteiger partial charge in [-0.3, -0.25) is 14.3 Å². The van der Waals surface area contributed by atoms with Crippen molar-refractivity contribution in [3.8, 4) is 17.3 Å². The molecule has 1 aliphatic heterocycles. The molecule has 0 atom stereocenters. The second-order valence-electron chi connectivity index (χ2n) is 9.19. The van der Waals surface area contributed by atoms with E-state index in [4.69, 9.17) is 16.0 Å². The zero-order valence-corrected chi connectivity index (χ0v) is 19.9. The van der Waals surface area contributed by atoms with Gasteiger partial charge in [0.2, 0.25) is 5.89 Å². The van der Waals surface area contributed by atoms with Crippen LogP contribution >= 0.6 is 11.6 Å². The van der Waals surface area contributed by atoms with Gasteiger partial charge < -0.3 is 9.32 Å². The third kappa shape index (κ3) is 4.42. The fraction of sp³-hybridized carbons (Fsp3) is 0.478. The van der Waals surface area contributed by atoms with Crippen molar-refractivity contribution in [3.05, 3.63) is 46.7 Å². The first-order chi connectivity index (χ1) is 15.2. The van der Waals surface area contributed by atoms with Crippen molar-refractivity contribution >= 4 is 17.5 Å². The van der Waals surface area contributed by atoms with Crippen molar-refractivity contribution in [3.63, 3.8) is 0 Å². The fourth-order valence-electron chi connectivity index (χ4n) is 4.16. The Labute approximate surface area is 193 Å². The molecular weight excluding hydrogens is 428 g/mol. The Morgan fingerprint density at radius 1 is 1.16 bits per heavy atom. The van der Waals surface area contributed by atoms with E-state index in [1.165, 1.54) is 0 Å². The van der Waals surface area contributed by atoms with Crippen LogP contribution in [0.25, 0.3) is 17.3 Å². The molecule has 0 saturated carbocycles. The predicted molar refractivity (Wildman–Crippen MR) is 123 cm³/mol. The number of hydrogen-bond acceptors (Lipinski definition) is 6. The zero-order chi connectivity index (χ0) is 23.0. The Hall–Kier alpha value is -2.71. The van der Waals surface area contributed by atoms with Gasteiger partial charge in [0.25, 0.3) is 11.8 Å². The summed E-state index contributed by atoms with van der Waals surface area (Å²) in [5, 5.41) is 8.97. The molecule has 0 unspecified atom stereocenters. The van der Waals surface area contributed by atoms with Gasteiger partial charge in [0.1, 0.15) is 6.33 Å². The van der Waals surface area contributed by atoms with Crippen molar-refractivity contribution in [2.24, 2.45) is 11.8 Å². The number of fused-ring (bicyclic) bond motifs is 3. The monoisotopic (exact) mass is 456 g/mol. The van der Waals surface area contributed by atoms with E-state index in [-0.39, 0.29) is 5.91 Å². The Morgan fingerprint density at radius 2 is 1.88 bits per heavy atom. The lowest BCUT2D eigenvalue weighted by atomic mass is 10.1. The number of nitrogens with zero attached hydrogens (tertiary/aromatic N) is 6. The summed E-state index contributed by atoms with van der Waals surface area (Å²) in [5.41, 5.74) is 2.54. The van der Waals surface area contributed by atoms with Crippen LogP contribution in [-0.4, -0.2) is 55.6 Å². The number of halogens is 1. The highest BCUT2D eigenvalue weighted by Gasteiger charge is 2.30. The van der Waals surface area contributed by atoms with Gasteiger partial charge >= 0.3 is 0 Å². The number of imidazole rings is 1. The smallest absolute Gasteiger partial charge is 0.268 e. The number of aromatic nitrogens is 4. The van der Waals surface area contributed by atoms with Crippen molar-refractivity contribution < 1.29 is 9.21 Å². The van der Waals surface area contributed by atoms with Crippen LogP contribution in [-0.2, 0) is 13.1 Å². The second kappa shape index (κ2) is 9.03. The summed E-state index contributed by atoms with van der Waals surface area (Å²) in [5.74, 6) is 1.86. The van der Waals surface area contributed by atoms with E-state index in [0.29, 0.717) is 58.7 Å². The fourth-order valence-corrected chi connectivity index (χ4v) is 4.41. The zero-order valence-electron chi connectivity index (χ0n) is 19.2. The Bertz CT molecular complexity index is 1110. The van der Waals surface area contributed by atoms with Gasteiger partial charge in [0.15, 0.2) is 5.69 Å². The van der Waals surface area contributed by atoms with E-state index in [2.05, 4.69) is 47.8 Å². The molecule has 0 bridgehead atoms. The van der Waals surface area contributed by atoms with Crippen molar-refractivity contribution in [1.82, 2.24) is 29.5 Å². The van der Waals surface area contributed by atoms with Crippen LogP contribution in [0.1, 0.15) is 49.6 Å². The van der Waals surface area contributed by atoms with Crippen molar-refractivity contribution in [2.75, 3.05) is 20.1 Å². The highest BCUT2D eigenvalue weighted by Crippen LogP contribution is 2.33. The molecule has 0 aliphatic carbocycles. The molecule has 3 heterocycles. The molecule has 0 saturated heterocycles. The molecule has 32 heavy (non-hydrogen) atoms. The number of rotatable bonds is 7. The van der Waals surface area contributed by atoms with E-state index in [1.807, 2.05) is 16.7 Å². The summed E-state index contributed by atoms with van der Waals surface area (Å²) in [6.45, 7) is 11.7. The van der Waals surface area contributed by atoms with E-state index in [0.717, 1.165) is 18.8 Å². The first-order valence-electron chi connectivity index (χ1n) is 10.9. The molecule has 0 fully saturated rings. The summed E-state index contributed by atoms with van der Waals surface area (Å²) in [7, 11) is 1.75.